The number of hydrogen-bond donors (Lipinski definition) is 0. The van der Waals surface area contributed by atoms with E-state index in [1.165, 1.54) is 28.0 Å². The van der Waals surface area contributed by atoms with E-state index in [0.717, 1.165) is 21.8 Å². The molecule has 0 saturated carbocycles. The number of aromatic nitrogens is 4. The molecule has 0 unspecified atom stereocenters. The Morgan fingerprint density at radius 2 is 1.69 bits per heavy atom. The Kier molecular flexibility index (Phi) is 5.75. The molecule has 2 aromatic heterocycles. The average molecular weight is 451 g/mol. The molecule has 4 rings (SSSR count). The van der Waals surface area contributed by atoms with Gasteiger partial charge < -0.3 is 9.47 Å². The molecule has 4 aromatic rings. The van der Waals surface area contributed by atoms with Gasteiger partial charge >= 0.3 is 11.7 Å². The van der Waals surface area contributed by atoms with Crippen molar-refractivity contribution in [2.24, 2.45) is 14.1 Å². The molecule has 0 bridgehead atoms. The predicted octanol–water partition coefficient (Wildman–Crippen LogP) is 3.52. The lowest BCUT2D eigenvalue weighted by molar-refractivity contribution is 0.0597. The number of aryl methyl sites for hydroxylation is 2. The van der Waals surface area contributed by atoms with E-state index in [2.05, 4.69) is 9.97 Å². The second-order valence-corrected chi connectivity index (χ2v) is 7.97. The zero-order valence-electron chi connectivity index (χ0n) is 18.4. The first kappa shape index (κ1) is 21.6. The molecule has 0 amide bonds. The Labute approximate surface area is 188 Å². The van der Waals surface area contributed by atoms with Crippen molar-refractivity contribution in [3.05, 3.63) is 58.6 Å². The minimum Gasteiger partial charge on any atom is -0.497 e. The van der Waals surface area contributed by atoms with Crippen molar-refractivity contribution in [3.63, 3.8) is 0 Å². The smallest absolute Gasteiger partial charge is 0.339 e. The highest BCUT2D eigenvalue weighted by molar-refractivity contribution is 7.98. The van der Waals surface area contributed by atoms with Crippen LogP contribution >= 0.6 is 11.8 Å². The Morgan fingerprint density at radius 3 is 2.31 bits per heavy atom. The van der Waals surface area contributed by atoms with Crippen LogP contribution in [0.5, 0.6) is 5.75 Å². The first-order valence-electron chi connectivity index (χ1n) is 9.73. The number of fused-ring (bicyclic) bond motifs is 1. The summed E-state index contributed by atoms with van der Waals surface area (Å²) >= 11 is 1.44. The van der Waals surface area contributed by atoms with Crippen LogP contribution in [0.4, 0.5) is 0 Å². The Hall–Kier alpha value is -3.59. The SMILES string of the molecule is COC(=O)c1c(SC)cc(-c2ccc(OC)cc2)cc1-c1cnc2c(n1)n(C)c(=O)n2C. The molecule has 2 heterocycles. The van der Waals surface area contributed by atoms with Crippen molar-refractivity contribution < 1.29 is 14.3 Å². The molecule has 0 aliphatic heterocycles. The van der Waals surface area contributed by atoms with E-state index in [1.54, 1.807) is 27.4 Å². The van der Waals surface area contributed by atoms with Crippen LogP contribution in [-0.4, -0.2) is 45.5 Å². The summed E-state index contributed by atoms with van der Waals surface area (Å²) in [4.78, 5) is 34.9. The average Bonchev–Trinajstić information content (AvgIpc) is 3.06. The lowest BCUT2D eigenvalue weighted by Crippen LogP contribution is -2.19. The monoisotopic (exact) mass is 450 g/mol. The van der Waals surface area contributed by atoms with Crippen molar-refractivity contribution in [2.75, 3.05) is 20.5 Å². The van der Waals surface area contributed by atoms with Crippen molar-refractivity contribution >= 4 is 29.0 Å². The van der Waals surface area contributed by atoms with Crippen LogP contribution in [0.15, 0.2) is 52.3 Å². The number of thioether (sulfide) groups is 1. The fourth-order valence-corrected chi connectivity index (χ4v) is 4.25. The molecule has 32 heavy (non-hydrogen) atoms. The highest BCUT2D eigenvalue weighted by atomic mass is 32.2. The summed E-state index contributed by atoms with van der Waals surface area (Å²) in [6, 6.07) is 11.5. The first-order valence-corrected chi connectivity index (χ1v) is 11.0. The number of nitrogens with zero attached hydrogens (tertiary/aromatic N) is 4. The summed E-state index contributed by atoms with van der Waals surface area (Å²) in [6.45, 7) is 0. The second-order valence-electron chi connectivity index (χ2n) is 7.12. The van der Waals surface area contributed by atoms with E-state index >= 15 is 0 Å². The summed E-state index contributed by atoms with van der Waals surface area (Å²) in [5, 5.41) is 0. The van der Waals surface area contributed by atoms with Crippen molar-refractivity contribution in [1.29, 1.82) is 0 Å². The molecule has 2 aromatic carbocycles. The molecule has 0 atom stereocenters. The van der Waals surface area contributed by atoms with E-state index in [9.17, 15) is 9.59 Å². The van der Waals surface area contributed by atoms with Gasteiger partial charge in [-0.25, -0.2) is 19.6 Å². The number of carbonyl (C=O) groups excluding carboxylic acids is 1. The van der Waals surface area contributed by atoms with Crippen LogP contribution in [-0.2, 0) is 18.8 Å². The van der Waals surface area contributed by atoms with Crippen LogP contribution < -0.4 is 10.4 Å². The quantitative estimate of drug-likeness (QED) is 0.340. The molecule has 8 nitrogen and oxygen atoms in total. The minimum atomic E-state index is -0.463. The van der Waals surface area contributed by atoms with Crippen LogP contribution in [0.1, 0.15) is 10.4 Å². The van der Waals surface area contributed by atoms with E-state index < -0.39 is 5.97 Å². The predicted molar refractivity (Wildman–Crippen MR) is 124 cm³/mol. The second kappa shape index (κ2) is 8.51. The molecule has 164 valence electrons. The van der Waals surface area contributed by atoms with Crippen molar-refractivity contribution in [1.82, 2.24) is 19.1 Å². The van der Waals surface area contributed by atoms with Gasteiger partial charge in [-0.15, -0.1) is 11.8 Å². The van der Waals surface area contributed by atoms with Gasteiger partial charge in [-0.05, 0) is 41.6 Å². The van der Waals surface area contributed by atoms with Gasteiger partial charge in [0.2, 0.25) is 0 Å². The zero-order valence-corrected chi connectivity index (χ0v) is 19.2. The van der Waals surface area contributed by atoms with Gasteiger partial charge in [0.25, 0.3) is 0 Å². The van der Waals surface area contributed by atoms with Crippen LogP contribution in [0.3, 0.4) is 0 Å². The van der Waals surface area contributed by atoms with Gasteiger partial charge in [0.15, 0.2) is 11.3 Å². The highest BCUT2D eigenvalue weighted by Gasteiger charge is 2.22. The normalized spacial score (nSPS) is 11.0. The lowest BCUT2D eigenvalue weighted by atomic mass is 9.97. The van der Waals surface area contributed by atoms with Crippen LogP contribution in [0.25, 0.3) is 33.7 Å². The molecule has 0 N–H and O–H groups in total. The topological polar surface area (TPSA) is 88.2 Å². The molecule has 0 radical (unpaired) electrons. The summed E-state index contributed by atoms with van der Waals surface area (Å²) < 4.78 is 13.2. The molecule has 0 aliphatic rings. The van der Waals surface area contributed by atoms with Gasteiger partial charge in [-0.2, -0.15) is 0 Å². The van der Waals surface area contributed by atoms with Crippen molar-refractivity contribution in [3.8, 4) is 28.1 Å². The summed E-state index contributed by atoms with van der Waals surface area (Å²) in [5.74, 6) is 0.293. The molecule has 9 heteroatoms. The van der Waals surface area contributed by atoms with Crippen LogP contribution in [0, 0.1) is 0 Å². The molecule has 0 saturated heterocycles. The summed E-state index contributed by atoms with van der Waals surface area (Å²) in [5.41, 5.74) is 4.02. The van der Waals surface area contributed by atoms with E-state index in [4.69, 9.17) is 9.47 Å². The minimum absolute atomic E-state index is 0.220. The maximum atomic E-state index is 12.7. The van der Waals surface area contributed by atoms with Crippen LogP contribution in [0.2, 0.25) is 0 Å². The lowest BCUT2D eigenvalue weighted by Gasteiger charge is -2.15. The fraction of sp³-hybridized carbons (Fsp3) is 0.217. The molecular weight excluding hydrogens is 428 g/mol. The van der Waals surface area contributed by atoms with E-state index in [-0.39, 0.29) is 5.69 Å². The van der Waals surface area contributed by atoms with Gasteiger partial charge in [0, 0.05) is 24.6 Å². The number of methoxy groups -OCH3 is 2. The Morgan fingerprint density at radius 1 is 1.00 bits per heavy atom. The van der Waals surface area contributed by atoms with Gasteiger partial charge in [0.05, 0.1) is 31.7 Å². The van der Waals surface area contributed by atoms with Gasteiger partial charge in [-0.3, -0.25) is 9.13 Å². The number of benzene rings is 2. The number of esters is 1. The number of hydrogen-bond acceptors (Lipinski definition) is 7. The summed E-state index contributed by atoms with van der Waals surface area (Å²) in [7, 11) is 6.26. The molecule has 0 spiro atoms. The van der Waals surface area contributed by atoms with Gasteiger partial charge in [0.1, 0.15) is 5.75 Å². The maximum absolute atomic E-state index is 12.7. The zero-order chi connectivity index (χ0) is 23.0. The number of rotatable bonds is 5. The maximum Gasteiger partial charge on any atom is 0.339 e. The van der Waals surface area contributed by atoms with E-state index in [0.29, 0.717) is 28.1 Å². The standard InChI is InChI=1S/C23H22N4O4S/c1-26-20-21(27(2)23(26)29)25-17(12-24-20)16-10-14(13-6-8-15(30-3)9-7-13)11-18(32-5)19(16)22(28)31-4/h6-12H,1-5H3. The van der Waals surface area contributed by atoms with Crippen molar-refractivity contribution in [2.45, 2.75) is 4.90 Å². The third-order valence-corrected chi connectivity index (χ3v) is 6.12. The van der Waals surface area contributed by atoms with E-state index in [1.807, 2.05) is 42.7 Å². The largest absolute Gasteiger partial charge is 0.497 e. The molecule has 0 fully saturated rings. The Balaban J connectivity index is 2.00. The third-order valence-electron chi connectivity index (χ3n) is 5.36. The number of ether oxygens (including phenoxy) is 2. The molecular formula is C23H22N4O4S. The fourth-order valence-electron chi connectivity index (χ4n) is 3.61. The summed E-state index contributed by atoms with van der Waals surface area (Å²) in [6.07, 6.45) is 3.48. The van der Waals surface area contributed by atoms with Gasteiger partial charge in [-0.1, -0.05) is 12.1 Å². The molecule has 0 aliphatic carbocycles. The number of carbonyl (C=O) groups is 1. The first-order chi connectivity index (χ1) is 15.4. The third kappa shape index (κ3) is 3.54. The Bertz CT molecular complexity index is 1390. The highest BCUT2D eigenvalue weighted by Crippen LogP contribution is 2.36. The number of imidazole rings is 1.